The van der Waals surface area contributed by atoms with E-state index in [0.29, 0.717) is 6.04 Å². The first-order valence-electron chi connectivity index (χ1n) is 3.61. The molecule has 0 spiro atoms. The highest BCUT2D eigenvalue weighted by Crippen LogP contribution is 2.33. The Morgan fingerprint density at radius 2 is 2.45 bits per heavy atom. The zero-order chi connectivity index (χ0) is 7.84. The van der Waals surface area contributed by atoms with Gasteiger partial charge in [-0.05, 0) is 12.5 Å². The van der Waals surface area contributed by atoms with Crippen molar-refractivity contribution >= 4 is 11.8 Å². The molecule has 1 aliphatic carbocycles. The fraction of sp³-hybridized carbons (Fsp3) is 0.429. The zero-order valence-electron chi connectivity index (χ0n) is 6.08. The van der Waals surface area contributed by atoms with Crippen LogP contribution in [0.1, 0.15) is 6.42 Å². The second kappa shape index (κ2) is 2.55. The minimum Gasteiger partial charge on any atom is -0.399 e. The fourth-order valence-corrected chi connectivity index (χ4v) is 2.40. The highest BCUT2D eigenvalue weighted by atomic mass is 32.2. The van der Waals surface area contributed by atoms with Crippen LogP contribution in [0.3, 0.4) is 0 Å². The molecule has 2 aliphatic rings. The molecule has 0 aromatic heterocycles. The lowest BCUT2D eigenvalue weighted by molar-refractivity contribution is 0.596. The number of hydrogen-bond donors (Lipinski definition) is 3. The maximum atomic E-state index is 5.69. The summed E-state index contributed by atoms with van der Waals surface area (Å²) in [7, 11) is 0. The minimum absolute atomic E-state index is 0.0468. The molecule has 1 fully saturated rings. The van der Waals surface area contributed by atoms with E-state index in [0.717, 1.165) is 12.1 Å². The molecule has 2 rings (SSSR count). The Hall–Kier alpha value is -0.450. The van der Waals surface area contributed by atoms with Crippen LogP contribution >= 0.6 is 11.8 Å². The van der Waals surface area contributed by atoms with Gasteiger partial charge in [-0.15, -0.1) is 0 Å². The number of nitrogens with two attached hydrogens (primary N) is 2. The van der Waals surface area contributed by atoms with Crippen LogP contribution in [-0.4, -0.2) is 11.5 Å². The molecule has 11 heavy (non-hydrogen) atoms. The first-order chi connectivity index (χ1) is 5.25. The van der Waals surface area contributed by atoms with Crippen molar-refractivity contribution in [2.24, 2.45) is 11.5 Å². The van der Waals surface area contributed by atoms with Crippen LogP contribution in [-0.2, 0) is 0 Å². The molecule has 0 aromatic carbocycles. The Kier molecular flexibility index (Phi) is 1.67. The number of thioether (sulfide) groups is 1. The smallest absolute Gasteiger partial charge is 0.108 e. The summed E-state index contributed by atoms with van der Waals surface area (Å²) >= 11 is 1.66. The fourth-order valence-electron chi connectivity index (χ4n) is 1.34. The quantitative estimate of drug-likeness (QED) is 0.480. The summed E-state index contributed by atoms with van der Waals surface area (Å²) in [5.41, 5.74) is 12.2. The van der Waals surface area contributed by atoms with E-state index < -0.39 is 0 Å². The predicted molar refractivity (Wildman–Crippen MR) is 47.5 cm³/mol. The summed E-state index contributed by atoms with van der Waals surface area (Å²) in [5, 5.41) is 3.25. The van der Waals surface area contributed by atoms with Gasteiger partial charge in [-0.1, -0.05) is 17.8 Å². The first-order valence-corrected chi connectivity index (χ1v) is 4.49. The van der Waals surface area contributed by atoms with Crippen LogP contribution in [0.5, 0.6) is 0 Å². The lowest BCUT2D eigenvalue weighted by Gasteiger charge is -2.13. The summed E-state index contributed by atoms with van der Waals surface area (Å²) in [5.74, 6) is 0. The maximum Gasteiger partial charge on any atom is 0.108 e. The van der Waals surface area contributed by atoms with Gasteiger partial charge in [-0.25, -0.2) is 0 Å². The molecule has 1 saturated heterocycles. The first kappa shape index (κ1) is 7.21. The Balaban J connectivity index is 2.20. The van der Waals surface area contributed by atoms with Gasteiger partial charge in [-0.3, -0.25) is 5.32 Å². The van der Waals surface area contributed by atoms with Crippen molar-refractivity contribution in [1.82, 2.24) is 5.32 Å². The van der Waals surface area contributed by atoms with E-state index in [-0.39, 0.29) is 5.50 Å². The van der Waals surface area contributed by atoms with Crippen LogP contribution < -0.4 is 16.8 Å². The van der Waals surface area contributed by atoms with Gasteiger partial charge in [0.25, 0.3) is 0 Å². The Labute approximate surface area is 69.9 Å². The van der Waals surface area contributed by atoms with Gasteiger partial charge >= 0.3 is 0 Å². The number of fused-ring (bicyclic) bond motifs is 1. The van der Waals surface area contributed by atoms with Crippen molar-refractivity contribution in [2.45, 2.75) is 18.0 Å². The summed E-state index contributed by atoms with van der Waals surface area (Å²) in [6.07, 6.45) is 5.00. The summed E-state index contributed by atoms with van der Waals surface area (Å²) in [4.78, 5) is 1.28. The van der Waals surface area contributed by atoms with E-state index in [1.165, 1.54) is 4.91 Å². The summed E-state index contributed by atoms with van der Waals surface area (Å²) in [6, 6.07) is 0.419. The topological polar surface area (TPSA) is 64.1 Å². The summed E-state index contributed by atoms with van der Waals surface area (Å²) in [6.45, 7) is 0. The average molecular weight is 169 g/mol. The van der Waals surface area contributed by atoms with Crippen molar-refractivity contribution < 1.29 is 0 Å². The Morgan fingerprint density at radius 1 is 1.64 bits per heavy atom. The van der Waals surface area contributed by atoms with Gasteiger partial charge in [0, 0.05) is 16.6 Å². The lowest BCUT2D eigenvalue weighted by Crippen LogP contribution is -2.35. The van der Waals surface area contributed by atoms with E-state index in [4.69, 9.17) is 11.5 Å². The largest absolute Gasteiger partial charge is 0.399 e. The molecule has 4 heteroatoms. The molecule has 2 atom stereocenters. The standard InChI is InChI=1S/C7H11N3S/c8-4-1-2-5-6(3-4)11-7(9)10-5/h1,3,5,7,10H,2,8-9H2. The van der Waals surface area contributed by atoms with Gasteiger partial charge in [-0.2, -0.15) is 0 Å². The van der Waals surface area contributed by atoms with Gasteiger partial charge in [0.1, 0.15) is 5.50 Å². The number of allylic oxidation sites excluding steroid dienone is 1. The molecule has 1 heterocycles. The van der Waals surface area contributed by atoms with Gasteiger partial charge in [0.05, 0.1) is 0 Å². The third kappa shape index (κ3) is 1.29. The molecule has 0 amide bonds. The van der Waals surface area contributed by atoms with E-state index in [1.807, 2.05) is 12.2 Å². The molecule has 2 unspecified atom stereocenters. The van der Waals surface area contributed by atoms with E-state index >= 15 is 0 Å². The van der Waals surface area contributed by atoms with Crippen molar-refractivity contribution in [3.05, 3.63) is 22.8 Å². The molecule has 60 valence electrons. The number of hydrogen-bond acceptors (Lipinski definition) is 4. The molecular weight excluding hydrogens is 158 g/mol. The highest BCUT2D eigenvalue weighted by Gasteiger charge is 2.27. The summed E-state index contributed by atoms with van der Waals surface area (Å²) < 4.78 is 0. The predicted octanol–water partition coefficient (Wildman–Crippen LogP) is 0.0639. The molecular formula is C7H11N3S. The van der Waals surface area contributed by atoms with Crippen molar-refractivity contribution in [3.8, 4) is 0 Å². The van der Waals surface area contributed by atoms with E-state index in [2.05, 4.69) is 5.32 Å². The number of rotatable bonds is 0. The third-order valence-corrected chi connectivity index (χ3v) is 2.93. The Morgan fingerprint density at radius 3 is 3.27 bits per heavy atom. The second-order valence-electron chi connectivity index (χ2n) is 2.74. The van der Waals surface area contributed by atoms with Crippen LogP contribution in [0.4, 0.5) is 0 Å². The third-order valence-electron chi connectivity index (χ3n) is 1.87. The van der Waals surface area contributed by atoms with Gasteiger partial charge in [0.2, 0.25) is 0 Å². The van der Waals surface area contributed by atoms with Gasteiger partial charge in [0.15, 0.2) is 0 Å². The van der Waals surface area contributed by atoms with Crippen LogP contribution in [0.25, 0.3) is 0 Å². The molecule has 1 aliphatic heterocycles. The van der Waals surface area contributed by atoms with Crippen LogP contribution in [0, 0.1) is 0 Å². The highest BCUT2D eigenvalue weighted by molar-refractivity contribution is 8.03. The second-order valence-corrected chi connectivity index (χ2v) is 3.96. The molecule has 5 N–H and O–H groups in total. The molecule has 0 bridgehead atoms. The molecule has 0 radical (unpaired) electrons. The monoisotopic (exact) mass is 169 g/mol. The van der Waals surface area contributed by atoms with E-state index in [1.54, 1.807) is 11.8 Å². The van der Waals surface area contributed by atoms with Gasteiger partial charge < -0.3 is 11.5 Å². The minimum atomic E-state index is 0.0468. The average Bonchev–Trinajstić information content (AvgIpc) is 2.27. The van der Waals surface area contributed by atoms with Crippen molar-refractivity contribution in [1.29, 1.82) is 0 Å². The number of nitrogens with one attached hydrogen (secondary N) is 1. The van der Waals surface area contributed by atoms with Crippen LogP contribution in [0.2, 0.25) is 0 Å². The zero-order valence-corrected chi connectivity index (χ0v) is 6.90. The molecule has 0 aromatic rings. The Bertz CT molecular complexity index is 234. The normalized spacial score (nSPS) is 36.1. The van der Waals surface area contributed by atoms with E-state index in [9.17, 15) is 0 Å². The maximum absolute atomic E-state index is 5.69. The molecule has 3 nitrogen and oxygen atoms in total. The van der Waals surface area contributed by atoms with Crippen molar-refractivity contribution in [3.63, 3.8) is 0 Å². The van der Waals surface area contributed by atoms with Crippen molar-refractivity contribution in [2.75, 3.05) is 0 Å². The lowest BCUT2D eigenvalue weighted by atomic mass is 10.1. The molecule has 0 saturated carbocycles. The SMILES string of the molecule is NC1=CCC2NC(N)SC2=C1. The van der Waals surface area contributed by atoms with Crippen LogP contribution in [0.15, 0.2) is 22.8 Å².